The van der Waals surface area contributed by atoms with Crippen molar-refractivity contribution in [2.75, 3.05) is 19.7 Å². The molecule has 0 amide bonds. The van der Waals surface area contributed by atoms with E-state index in [1.165, 1.54) is 0 Å². The quantitative estimate of drug-likeness (QED) is 0.865. The van der Waals surface area contributed by atoms with Crippen molar-refractivity contribution in [3.8, 4) is 0 Å². The van der Waals surface area contributed by atoms with E-state index in [4.69, 9.17) is 4.74 Å². The second-order valence-corrected chi connectivity index (χ2v) is 4.30. The number of aromatic amines is 1. The van der Waals surface area contributed by atoms with Crippen LogP contribution in [0.1, 0.15) is 17.5 Å². The highest BCUT2D eigenvalue weighted by Gasteiger charge is 2.23. The van der Waals surface area contributed by atoms with E-state index in [-0.39, 0.29) is 6.10 Å². The van der Waals surface area contributed by atoms with Crippen LogP contribution < -0.4 is 0 Å². The van der Waals surface area contributed by atoms with Gasteiger partial charge in [-0.2, -0.15) is 0 Å². The summed E-state index contributed by atoms with van der Waals surface area (Å²) in [7, 11) is 0. The minimum atomic E-state index is 0.00960. The molecule has 1 atom stereocenters. The van der Waals surface area contributed by atoms with E-state index in [0.717, 1.165) is 37.6 Å². The van der Waals surface area contributed by atoms with Gasteiger partial charge >= 0.3 is 0 Å². The molecule has 3 rings (SSSR count). The highest BCUT2D eigenvalue weighted by Crippen LogP contribution is 2.20. The highest BCUT2D eigenvalue weighted by atomic mass is 16.5. The van der Waals surface area contributed by atoms with Crippen molar-refractivity contribution in [1.82, 2.24) is 24.8 Å². The van der Waals surface area contributed by atoms with E-state index in [1.54, 1.807) is 24.9 Å². The van der Waals surface area contributed by atoms with Gasteiger partial charge in [-0.25, -0.2) is 4.98 Å². The molecule has 0 aromatic carbocycles. The molecule has 18 heavy (non-hydrogen) atoms. The molecule has 1 N–H and O–H groups in total. The maximum absolute atomic E-state index is 5.74. The average molecular weight is 245 g/mol. The summed E-state index contributed by atoms with van der Waals surface area (Å²) in [6, 6.07) is 0. The normalized spacial score (nSPS) is 21.0. The standard InChI is InChI=1S/C12H15N5O/c1-2-15-11(6-13-1)12-8-17(3-4-18-12)7-10-5-14-9-16-10/h1-2,5-6,9,12H,3-4,7-8H2,(H,14,16)/t12-/m0/s1. The Morgan fingerprint density at radius 3 is 3.11 bits per heavy atom. The van der Waals surface area contributed by atoms with E-state index >= 15 is 0 Å². The second-order valence-electron chi connectivity index (χ2n) is 4.30. The van der Waals surface area contributed by atoms with Gasteiger partial charge in [-0.05, 0) is 0 Å². The van der Waals surface area contributed by atoms with Crippen LogP contribution in [0, 0.1) is 0 Å². The molecule has 0 unspecified atom stereocenters. The zero-order chi connectivity index (χ0) is 12.2. The molecule has 1 saturated heterocycles. The summed E-state index contributed by atoms with van der Waals surface area (Å²) in [4.78, 5) is 17.9. The van der Waals surface area contributed by atoms with Gasteiger partial charge in [-0.3, -0.25) is 14.9 Å². The summed E-state index contributed by atoms with van der Waals surface area (Å²) in [5.74, 6) is 0. The third kappa shape index (κ3) is 2.55. The van der Waals surface area contributed by atoms with Gasteiger partial charge < -0.3 is 9.72 Å². The molecule has 1 aliphatic heterocycles. The van der Waals surface area contributed by atoms with E-state index in [2.05, 4.69) is 24.8 Å². The number of morpholine rings is 1. The van der Waals surface area contributed by atoms with Crippen LogP contribution in [0.3, 0.4) is 0 Å². The number of hydrogen-bond donors (Lipinski definition) is 1. The third-order valence-electron chi connectivity index (χ3n) is 3.01. The number of rotatable bonds is 3. The predicted octanol–water partition coefficient (Wildman–Crippen LogP) is 0.773. The Morgan fingerprint density at radius 1 is 1.33 bits per heavy atom. The van der Waals surface area contributed by atoms with Crippen molar-refractivity contribution in [2.24, 2.45) is 0 Å². The Morgan fingerprint density at radius 2 is 2.33 bits per heavy atom. The first-order valence-corrected chi connectivity index (χ1v) is 5.99. The summed E-state index contributed by atoms with van der Waals surface area (Å²) in [5, 5.41) is 0. The van der Waals surface area contributed by atoms with Gasteiger partial charge in [0.25, 0.3) is 0 Å². The number of aromatic nitrogens is 4. The molecule has 3 heterocycles. The molecule has 0 radical (unpaired) electrons. The number of hydrogen-bond acceptors (Lipinski definition) is 5. The molecule has 0 bridgehead atoms. The lowest BCUT2D eigenvalue weighted by molar-refractivity contribution is -0.0354. The van der Waals surface area contributed by atoms with Gasteiger partial charge in [0.2, 0.25) is 0 Å². The van der Waals surface area contributed by atoms with E-state index in [1.807, 2.05) is 6.20 Å². The van der Waals surface area contributed by atoms with Gasteiger partial charge in [0, 0.05) is 43.9 Å². The van der Waals surface area contributed by atoms with E-state index in [0.29, 0.717) is 0 Å². The zero-order valence-corrected chi connectivity index (χ0v) is 9.99. The van der Waals surface area contributed by atoms with Gasteiger partial charge in [0.05, 0.1) is 24.8 Å². The topological polar surface area (TPSA) is 66.9 Å². The molecular formula is C12H15N5O. The van der Waals surface area contributed by atoms with Gasteiger partial charge in [0.15, 0.2) is 0 Å². The Kier molecular flexibility index (Phi) is 3.29. The van der Waals surface area contributed by atoms with Crippen LogP contribution in [0.4, 0.5) is 0 Å². The Labute approximate surface area is 105 Å². The van der Waals surface area contributed by atoms with Crippen LogP contribution in [0.25, 0.3) is 0 Å². The van der Waals surface area contributed by atoms with Crippen molar-refractivity contribution in [3.05, 3.63) is 42.5 Å². The fourth-order valence-electron chi connectivity index (χ4n) is 2.11. The number of nitrogens with one attached hydrogen (secondary N) is 1. The maximum Gasteiger partial charge on any atom is 0.114 e. The first-order chi connectivity index (χ1) is 8.92. The third-order valence-corrected chi connectivity index (χ3v) is 3.01. The molecule has 2 aromatic heterocycles. The lowest BCUT2D eigenvalue weighted by atomic mass is 10.2. The lowest BCUT2D eigenvalue weighted by Gasteiger charge is -2.32. The van der Waals surface area contributed by atoms with Crippen LogP contribution in [0.15, 0.2) is 31.1 Å². The first kappa shape index (κ1) is 11.3. The first-order valence-electron chi connectivity index (χ1n) is 5.99. The number of ether oxygens (including phenoxy) is 1. The Bertz CT molecular complexity index is 472. The van der Waals surface area contributed by atoms with Gasteiger partial charge in [-0.1, -0.05) is 0 Å². The molecule has 6 nitrogen and oxygen atoms in total. The molecule has 0 spiro atoms. The summed E-state index contributed by atoms with van der Waals surface area (Å²) in [6.45, 7) is 3.34. The number of imidazole rings is 1. The molecule has 0 saturated carbocycles. The SMILES string of the molecule is c1cnc([C@@H]2CN(Cc3cnc[nH]3)CCO2)cn1. The lowest BCUT2D eigenvalue weighted by Crippen LogP contribution is -2.38. The van der Waals surface area contributed by atoms with Crippen LogP contribution in [-0.4, -0.2) is 44.5 Å². The monoisotopic (exact) mass is 245 g/mol. The summed E-state index contributed by atoms with van der Waals surface area (Å²) >= 11 is 0. The predicted molar refractivity (Wildman–Crippen MR) is 64.6 cm³/mol. The average Bonchev–Trinajstić information content (AvgIpc) is 2.93. The Hall–Kier alpha value is -1.79. The fourth-order valence-corrected chi connectivity index (χ4v) is 2.11. The van der Waals surface area contributed by atoms with E-state index in [9.17, 15) is 0 Å². The molecule has 2 aromatic rings. The summed E-state index contributed by atoms with van der Waals surface area (Å²) in [5.41, 5.74) is 2.02. The summed E-state index contributed by atoms with van der Waals surface area (Å²) < 4.78 is 5.74. The molecular weight excluding hydrogens is 230 g/mol. The van der Waals surface area contributed by atoms with E-state index < -0.39 is 0 Å². The van der Waals surface area contributed by atoms with Crippen molar-refractivity contribution in [2.45, 2.75) is 12.6 Å². The molecule has 94 valence electrons. The molecule has 1 fully saturated rings. The molecule has 1 aliphatic rings. The molecule has 6 heteroatoms. The van der Waals surface area contributed by atoms with Gasteiger partial charge in [0.1, 0.15) is 6.10 Å². The summed E-state index contributed by atoms with van der Waals surface area (Å²) in [6.07, 6.45) is 8.71. The minimum absolute atomic E-state index is 0.00960. The second kappa shape index (κ2) is 5.24. The number of H-pyrrole nitrogens is 1. The fraction of sp³-hybridized carbons (Fsp3) is 0.417. The minimum Gasteiger partial charge on any atom is -0.369 e. The number of nitrogens with zero attached hydrogens (tertiary/aromatic N) is 4. The van der Waals surface area contributed by atoms with Crippen LogP contribution in [-0.2, 0) is 11.3 Å². The van der Waals surface area contributed by atoms with Crippen LogP contribution in [0.5, 0.6) is 0 Å². The van der Waals surface area contributed by atoms with Gasteiger partial charge in [-0.15, -0.1) is 0 Å². The highest BCUT2D eigenvalue weighted by molar-refractivity contribution is 5.02. The molecule has 0 aliphatic carbocycles. The van der Waals surface area contributed by atoms with Crippen molar-refractivity contribution in [3.63, 3.8) is 0 Å². The zero-order valence-electron chi connectivity index (χ0n) is 9.99. The van der Waals surface area contributed by atoms with Crippen LogP contribution in [0.2, 0.25) is 0 Å². The maximum atomic E-state index is 5.74. The largest absolute Gasteiger partial charge is 0.369 e. The smallest absolute Gasteiger partial charge is 0.114 e. The van der Waals surface area contributed by atoms with Crippen molar-refractivity contribution in [1.29, 1.82) is 0 Å². The van der Waals surface area contributed by atoms with Crippen molar-refractivity contribution < 1.29 is 4.74 Å². The van der Waals surface area contributed by atoms with Crippen LogP contribution >= 0.6 is 0 Å². The Balaban J connectivity index is 1.65. The van der Waals surface area contributed by atoms with Crippen molar-refractivity contribution >= 4 is 0 Å².